The second-order valence-corrected chi connectivity index (χ2v) is 7.32. The van der Waals surface area contributed by atoms with Gasteiger partial charge in [0.05, 0.1) is 0 Å². The van der Waals surface area contributed by atoms with Crippen molar-refractivity contribution in [3.8, 4) is 0 Å². The number of carbonyl (C=O) groups is 3. The van der Waals surface area contributed by atoms with Gasteiger partial charge in [-0.1, -0.05) is 18.2 Å². The summed E-state index contributed by atoms with van der Waals surface area (Å²) < 4.78 is 10.4. The third kappa shape index (κ3) is 6.81. The minimum Gasteiger partial charge on any atom is -0.459 e. The summed E-state index contributed by atoms with van der Waals surface area (Å²) in [6.07, 6.45) is -0.887. The fourth-order valence-corrected chi connectivity index (χ4v) is 1.78. The number of esters is 1. The summed E-state index contributed by atoms with van der Waals surface area (Å²) in [5, 5.41) is 0. The van der Waals surface area contributed by atoms with Crippen molar-refractivity contribution < 1.29 is 23.9 Å². The van der Waals surface area contributed by atoms with Crippen LogP contribution >= 0.6 is 0 Å². The maximum Gasteiger partial charge on any atom is 0.417 e. The third-order valence-electron chi connectivity index (χ3n) is 2.59. The van der Waals surface area contributed by atoms with Gasteiger partial charge in [-0.2, -0.15) is 0 Å². The summed E-state index contributed by atoms with van der Waals surface area (Å²) in [4.78, 5) is 37.8. The van der Waals surface area contributed by atoms with E-state index in [1.54, 1.807) is 71.9 Å². The molecule has 0 heterocycles. The topological polar surface area (TPSA) is 72.9 Å². The van der Waals surface area contributed by atoms with E-state index in [1.165, 1.54) is 0 Å². The highest BCUT2D eigenvalue weighted by Crippen LogP contribution is 2.14. The number of nitrogens with zero attached hydrogens (tertiary/aromatic N) is 1. The Hall–Kier alpha value is -2.37. The quantitative estimate of drug-likeness (QED) is 0.792. The molecule has 1 aromatic carbocycles. The predicted octanol–water partition coefficient (Wildman–Crippen LogP) is 3.41. The molecule has 0 N–H and O–H groups in total. The van der Waals surface area contributed by atoms with Crippen molar-refractivity contribution in [2.45, 2.75) is 52.7 Å². The zero-order valence-corrected chi connectivity index (χ0v) is 15.1. The molecule has 0 spiro atoms. The van der Waals surface area contributed by atoms with E-state index in [0.29, 0.717) is 0 Å². The molecule has 6 nitrogen and oxygen atoms in total. The molecule has 0 aliphatic heterocycles. The van der Waals surface area contributed by atoms with Crippen molar-refractivity contribution in [3.05, 3.63) is 35.9 Å². The molecule has 0 saturated heterocycles. The molecule has 0 radical (unpaired) electrons. The van der Waals surface area contributed by atoms with Gasteiger partial charge in [-0.15, -0.1) is 0 Å². The molecule has 24 heavy (non-hydrogen) atoms. The Morgan fingerprint density at radius 1 is 0.875 bits per heavy atom. The Labute approximate surface area is 142 Å². The summed E-state index contributed by atoms with van der Waals surface area (Å²) in [6.45, 7) is 9.67. The first-order valence-electron chi connectivity index (χ1n) is 7.71. The molecule has 1 rings (SSSR count). The minimum absolute atomic E-state index is 0.284. The van der Waals surface area contributed by atoms with E-state index < -0.39 is 35.7 Å². The van der Waals surface area contributed by atoms with Crippen molar-refractivity contribution >= 4 is 18.0 Å². The van der Waals surface area contributed by atoms with Crippen LogP contribution in [0.5, 0.6) is 0 Å². The van der Waals surface area contributed by atoms with Gasteiger partial charge in [0, 0.05) is 5.56 Å². The summed E-state index contributed by atoms with van der Waals surface area (Å²) in [6, 6.07) is 8.23. The molecule has 6 heteroatoms. The van der Waals surface area contributed by atoms with E-state index in [1.807, 2.05) is 0 Å². The number of ether oxygens (including phenoxy) is 2. The Morgan fingerprint density at radius 3 is 1.83 bits per heavy atom. The van der Waals surface area contributed by atoms with E-state index in [-0.39, 0.29) is 5.56 Å². The third-order valence-corrected chi connectivity index (χ3v) is 2.59. The SMILES string of the molecule is CC(C)(C)OC(=O)CN(C(=O)OC(C)(C)C)C(=O)c1ccccc1. The molecule has 0 atom stereocenters. The van der Waals surface area contributed by atoms with Crippen LogP contribution in [0.25, 0.3) is 0 Å². The van der Waals surface area contributed by atoms with Gasteiger partial charge >= 0.3 is 12.1 Å². The van der Waals surface area contributed by atoms with Crippen LogP contribution in [0.1, 0.15) is 51.9 Å². The average Bonchev–Trinajstić information content (AvgIpc) is 2.41. The fraction of sp³-hybridized carbons (Fsp3) is 0.500. The summed E-state index contributed by atoms with van der Waals surface area (Å²) in [5.74, 6) is -1.30. The minimum atomic E-state index is -0.887. The zero-order chi connectivity index (χ0) is 18.5. The van der Waals surface area contributed by atoms with E-state index >= 15 is 0 Å². The van der Waals surface area contributed by atoms with Crippen molar-refractivity contribution in [1.29, 1.82) is 0 Å². The van der Waals surface area contributed by atoms with Crippen LogP contribution in [-0.4, -0.2) is 40.6 Å². The molecule has 0 saturated carbocycles. The first-order valence-corrected chi connectivity index (χ1v) is 7.71. The number of imide groups is 1. The van der Waals surface area contributed by atoms with Gasteiger partial charge in [0.1, 0.15) is 17.7 Å². The van der Waals surface area contributed by atoms with Crippen molar-refractivity contribution in [3.63, 3.8) is 0 Å². The highest BCUT2D eigenvalue weighted by molar-refractivity contribution is 6.04. The standard InChI is InChI=1S/C18H25NO5/c1-17(2,3)23-14(20)12-19(16(22)24-18(4,5)6)15(21)13-10-8-7-9-11-13/h7-11H,12H2,1-6H3. The number of rotatable bonds is 3. The van der Waals surface area contributed by atoms with Crippen LogP contribution in [-0.2, 0) is 14.3 Å². The second kappa shape index (κ2) is 7.47. The number of amides is 2. The van der Waals surface area contributed by atoms with Crippen LogP contribution in [0.2, 0.25) is 0 Å². The lowest BCUT2D eigenvalue weighted by Crippen LogP contribution is -2.45. The van der Waals surface area contributed by atoms with Crippen LogP contribution in [0.3, 0.4) is 0 Å². The van der Waals surface area contributed by atoms with E-state index in [4.69, 9.17) is 9.47 Å². The van der Waals surface area contributed by atoms with Crippen molar-refractivity contribution in [2.75, 3.05) is 6.54 Å². The lowest BCUT2D eigenvalue weighted by Gasteiger charge is -2.27. The molecule has 0 bridgehead atoms. The van der Waals surface area contributed by atoms with Crippen LogP contribution in [0, 0.1) is 0 Å². The van der Waals surface area contributed by atoms with Gasteiger partial charge in [0.15, 0.2) is 0 Å². The molecule has 1 aromatic rings. The van der Waals surface area contributed by atoms with Gasteiger partial charge in [-0.25, -0.2) is 9.69 Å². The molecule has 0 aromatic heterocycles. The van der Waals surface area contributed by atoms with Crippen molar-refractivity contribution in [2.24, 2.45) is 0 Å². The van der Waals surface area contributed by atoms with Gasteiger partial charge in [-0.3, -0.25) is 9.59 Å². The first kappa shape index (κ1) is 19.7. The molecule has 0 unspecified atom stereocenters. The number of hydrogen-bond acceptors (Lipinski definition) is 5. The first-order chi connectivity index (χ1) is 10.9. The van der Waals surface area contributed by atoms with Crippen LogP contribution < -0.4 is 0 Å². The highest BCUT2D eigenvalue weighted by atomic mass is 16.6. The smallest absolute Gasteiger partial charge is 0.417 e. The monoisotopic (exact) mass is 335 g/mol. The number of carbonyl (C=O) groups excluding carboxylic acids is 3. The Bertz CT molecular complexity index is 596. The maximum atomic E-state index is 12.6. The molecular formula is C18H25NO5. The van der Waals surface area contributed by atoms with Crippen LogP contribution in [0.15, 0.2) is 30.3 Å². The molecule has 0 aliphatic rings. The fourth-order valence-electron chi connectivity index (χ4n) is 1.78. The lowest BCUT2D eigenvalue weighted by atomic mass is 10.2. The highest BCUT2D eigenvalue weighted by Gasteiger charge is 2.31. The average molecular weight is 335 g/mol. The molecule has 0 aliphatic carbocycles. The van der Waals surface area contributed by atoms with Crippen molar-refractivity contribution in [1.82, 2.24) is 4.90 Å². The summed E-state index contributed by atoms with van der Waals surface area (Å²) >= 11 is 0. The Kier molecular flexibility index (Phi) is 6.12. The largest absolute Gasteiger partial charge is 0.459 e. The Morgan fingerprint density at radius 2 is 1.38 bits per heavy atom. The van der Waals surface area contributed by atoms with E-state index in [2.05, 4.69) is 0 Å². The van der Waals surface area contributed by atoms with Gasteiger partial charge < -0.3 is 9.47 Å². The second-order valence-electron chi connectivity index (χ2n) is 7.32. The van der Waals surface area contributed by atoms with E-state index in [0.717, 1.165) is 4.90 Å². The maximum absolute atomic E-state index is 12.6. The molecule has 2 amide bonds. The van der Waals surface area contributed by atoms with Crippen LogP contribution in [0.4, 0.5) is 4.79 Å². The summed E-state index contributed by atoms with van der Waals surface area (Å²) in [7, 11) is 0. The molecule has 0 fully saturated rings. The number of benzene rings is 1. The van der Waals surface area contributed by atoms with Gasteiger partial charge in [0.25, 0.3) is 5.91 Å². The lowest BCUT2D eigenvalue weighted by molar-refractivity contribution is -0.155. The number of hydrogen-bond donors (Lipinski definition) is 0. The van der Waals surface area contributed by atoms with Gasteiger partial charge in [-0.05, 0) is 53.7 Å². The Balaban J connectivity index is 3.01. The normalized spacial score (nSPS) is 11.6. The molecule has 132 valence electrons. The van der Waals surface area contributed by atoms with E-state index in [9.17, 15) is 14.4 Å². The predicted molar refractivity (Wildman–Crippen MR) is 89.6 cm³/mol. The summed E-state index contributed by atoms with van der Waals surface area (Å²) in [5.41, 5.74) is -1.22. The zero-order valence-electron chi connectivity index (χ0n) is 15.1. The molecular weight excluding hydrogens is 310 g/mol. The van der Waals surface area contributed by atoms with Gasteiger partial charge in [0.2, 0.25) is 0 Å².